The molecule has 22 heavy (non-hydrogen) atoms. The van der Waals surface area contributed by atoms with Crippen LogP contribution in [-0.2, 0) is 20.5 Å². The van der Waals surface area contributed by atoms with Gasteiger partial charge in [0.2, 0.25) is 10.0 Å². The Balaban J connectivity index is 0.00000242. The minimum Gasteiger partial charge on any atom is -0.465 e. The maximum absolute atomic E-state index is 12.2. The predicted molar refractivity (Wildman–Crippen MR) is 86.7 cm³/mol. The Morgan fingerprint density at radius 1 is 1.32 bits per heavy atom. The maximum atomic E-state index is 12.2. The molecule has 0 amide bonds. The highest BCUT2D eigenvalue weighted by Crippen LogP contribution is 2.14. The highest BCUT2D eigenvalue weighted by molar-refractivity contribution is 7.88. The van der Waals surface area contributed by atoms with Gasteiger partial charge in [0.1, 0.15) is 0 Å². The van der Waals surface area contributed by atoms with Gasteiger partial charge in [-0.05, 0) is 37.6 Å². The summed E-state index contributed by atoms with van der Waals surface area (Å²) in [7, 11) is -2.21. The Kier molecular flexibility index (Phi) is 7.28. The van der Waals surface area contributed by atoms with Crippen molar-refractivity contribution in [3.05, 3.63) is 35.4 Å². The summed E-state index contributed by atoms with van der Waals surface area (Å²) in [5.74, 6) is -0.745. The molecular formula is C14H21ClN2O4S. The van der Waals surface area contributed by atoms with Crippen LogP contribution in [0, 0.1) is 0 Å². The Morgan fingerprint density at radius 2 is 1.95 bits per heavy atom. The molecule has 0 bridgehead atoms. The van der Waals surface area contributed by atoms with Gasteiger partial charge in [-0.2, -0.15) is 0 Å². The molecule has 0 aromatic heterocycles. The van der Waals surface area contributed by atoms with Crippen LogP contribution in [0.2, 0.25) is 0 Å². The van der Waals surface area contributed by atoms with Crippen LogP contribution in [0.3, 0.4) is 0 Å². The van der Waals surface area contributed by atoms with E-state index in [-0.39, 0.29) is 29.8 Å². The predicted octanol–water partition coefficient (Wildman–Crippen LogP) is 1.07. The van der Waals surface area contributed by atoms with Crippen LogP contribution in [0.5, 0.6) is 0 Å². The summed E-state index contributed by atoms with van der Waals surface area (Å²) >= 11 is 0. The number of piperidine rings is 1. The second-order valence-corrected chi connectivity index (χ2v) is 6.80. The number of hydrogen-bond donors (Lipinski definition) is 2. The molecule has 1 heterocycles. The number of carbonyl (C=O) groups is 1. The van der Waals surface area contributed by atoms with Crippen LogP contribution >= 0.6 is 12.4 Å². The monoisotopic (exact) mass is 348 g/mol. The zero-order chi connectivity index (χ0) is 15.3. The van der Waals surface area contributed by atoms with E-state index in [1.54, 1.807) is 24.3 Å². The van der Waals surface area contributed by atoms with Crippen molar-refractivity contribution in [1.29, 1.82) is 0 Å². The van der Waals surface area contributed by atoms with Gasteiger partial charge in [-0.3, -0.25) is 0 Å². The van der Waals surface area contributed by atoms with Gasteiger partial charge in [0.15, 0.2) is 0 Å². The molecule has 1 aliphatic rings. The van der Waals surface area contributed by atoms with Gasteiger partial charge in [-0.15, -0.1) is 12.4 Å². The first kappa shape index (κ1) is 18.9. The Morgan fingerprint density at radius 3 is 2.59 bits per heavy atom. The number of ether oxygens (including phenoxy) is 1. The molecule has 0 unspecified atom stereocenters. The van der Waals surface area contributed by atoms with Crippen molar-refractivity contribution in [2.75, 3.05) is 20.2 Å². The fourth-order valence-electron chi connectivity index (χ4n) is 2.40. The molecule has 124 valence electrons. The standard InChI is InChI=1S/C14H20N2O4S.ClH/c1-20-14(17)13-5-3-2-4-11(13)10-21(18,19)16-12-6-8-15-9-7-12;/h2-5,12,15-16H,6-10H2,1H3;1H. The summed E-state index contributed by atoms with van der Waals surface area (Å²) in [6.07, 6.45) is 1.55. The molecule has 2 rings (SSSR count). The number of halogens is 1. The zero-order valence-corrected chi connectivity index (χ0v) is 14.0. The summed E-state index contributed by atoms with van der Waals surface area (Å²) in [6.45, 7) is 1.62. The Labute approximate surface area is 137 Å². The van der Waals surface area contributed by atoms with E-state index in [0.717, 1.165) is 25.9 Å². The van der Waals surface area contributed by atoms with Crippen molar-refractivity contribution in [1.82, 2.24) is 10.0 Å². The topological polar surface area (TPSA) is 84.5 Å². The number of sulfonamides is 1. The lowest BCUT2D eigenvalue weighted by molar-refractivity contribution is 0.0600. The molecule has 1 saturated heterocycles. The minimum atomic E-state index is -3.48. The lowest BCUT2D eigenvalue weighted by Crippen LogP contribution is -2.43. The van der Waals surface area contributed by atoms with Gasteiger partial charge in [0.05, 0.1) is 18.4 Å². The average molecular weight is 349 g/mol. The summed E-state index contributed by atoms with van der Waals surface area (Å²) in [5, 5.41) is 3.19. The lowest BCUT2D eigenvalue weighted by atomic mass is 10.1. The molecule has 1 aromatic carbocycles. The van der Waals surface area contributed by atoms with E-state index in [9.17, 15) is 13.2 Å². The molecular weight excluding hydrogens is 328 g/mol. The molecule has 2 N–H and O–H groups in total. The van der Waals surface area contributed by atoms with Crippen molar-refractivity contribution in [2.24, 2.45) is 0 Å². The van der Waals surface area contributed by atoms with Crippen LogP contribution in [0.25, 0.3) is 0 Å². The highest BCUT2D eigenvalue weighted by atomic mass is 35.5. The summed E-state index contributed by atoms with van der Waals surface area (Å²) in [4.78, 5) is 11.7. The van der Waals surface area contributed by atoms with E-state index in [1.165, 1.54) is 7.11 Å². The van der Waals surface area contributed by atoms with Crippen LogP contribution in [-0.4, -0.2) is 40.6 Å². The Bertz CT molecular complexity index is 601. The van der Waals surface area contributed by atoms with Gasteiger partial charge < -0.3 is 10.1 Å². The second kappa shape index (κ2) is 8.47. The molecule has 1 aromatic rings. The third-order valence-corrected chi connectivity index (χ3v) is 4.84. The summed E-state index contributed by atoms with van der Waals surface area (Å²) < 4.78 is 31.9. The largest absolute Gasteiger partial charge is 0.465 e. The SMILES string of the molecule is COC(=O)c1ccccc1CS(=O)(=O)NC1CCNCC1.Cl. The van der Waals surface area contributed by atoms with Crippen LogP contribution in [0.1, 0.15) is 28.8 Å². The van der Waals surface area contributed by atoms with Crippen LogP contribution in [0.4, 0.5) is 0 Å². The van der Waals surface area contributed by atoms with E-state index < -0.39 is 16.0 Å². The normalized spacial score (nSPS) is 15.9. The molecule has 0 saturated carbocycles. The smallest absolute Gasteiger partial charge is 0.338 e. The van der Waals surface area contributed by atoms with Crippen LogP contribution in [0.15, 0.2) is 24.3 Å². The number of carbonyl (C=O) groups excluding carboxylic acids is 1. The third kappa shape index (κ3) is 5.24. The summed E-state index contributed by atoms with van der Waals surface area (Å²) in [5.41, 5.74) is 0.737. The van der Waals surface area contributed by atoms with Crippen molar-refractivity contribution in [3.63, 3.8) is 0 Å². The average Bonchev–Trinajstić information content (AvgIpc) is 2.47. The number of nitrogens with one attached hydrogen (secondary N) is 2. The number of methoxy groups -OCH3 is 1. The molecule has 1 aliphatic heterocycles. The van der Waals surface area contributed by atoms with E-state index in [1.807, 2.05) is 0 Å². The van der Waals surface area contributed by atoms with Crippen molar-refractivity contribution in [2.45, 2.75) is 24.6 Å². The second-order valence-electron chi connectivity index (χ2n) is 5.05. The molecule has 8 heteroatoms. The van der Waals surface area contributed by atoms with E-state index in [0.29, 0.717) is 5.56 Å². The van der Waals surface area contributed by atoms with E-state index >= 15 is 0 Å². The zero-order valence-electron chi connectivity index (χ0n) is 12.4. The van der Waals surface area contributed by atoms with Gasteiger partial charge in [0.25, 0.3) is 0 Å². The third-order valence-electron chi connectivity index (χ3n) is 3.45. The molecule has 0 aliphatic carbocycles. The van der Waals surface area contributed by atoms with Crippen molar-refractivity contribution < 1.29 is 17.9 Å². The molecule has 0 radical (unpaired) electrons. The van der Waals surface area contributed by atoms with Crippen molar-refractivity contribution >= 4 is 28.4 Å². The maximum Gasteiger partial charge on any atom is 0.338 e. The molecule has 1 fully saturated rings. The highest BCUT2D eigenvalue weighted by Gasteiger charge is 2.22. The number of rotatable bonds is 5. The number of benzene rings is 1. The molecule has 0 atom stereocenters. The van der Waals surface area contributed by atoms with Gasteiger partial charge in [-0.1, -0.05) is 18.2 Å². The minimum absolute atomic E-state index is 0. The summed E-state index contributed by atoms with van der Waals surface area (Å²) in [6, 6.07) is 6.56. The van der Waals surface area contributed by atoms with Gasteiger partial charge in [0, 0.05) is 6.04 Å². The Hall–Kier alpha value is -1.15. The first-order chi connectivity index (χ1) is 10.0. The van der Waals surface area contributed by atoms with Gasteiger partial charge in [-0.25, -0.2) is 17.9 Å². The lowest BCUT2D eigenvalue weighted by Gasteiger charge is -2.23. The van der Waals surface area contributed by atoms with Crippen molar-refractivity contribution in [3.8, 4) is 0 Å². The fraction of sp³-hybridized carbons (Fsp3) is 0.500. The molecule has 6 nitrogen and oxygen atoms in total. The number of esters is 1. The first-order valence-electron chi connectivity index (χ1n) is 6.89. The van der Waals surface area contributed by atoms with Crippen LogP contribution < -0.4 is 10.0 Å². The first-order valence-corrected chi connectivity index (χ1v) is 8.54. The van der Waals surface area contributed by atoms with E-state index in [4.69, 9.17) is 0 Å². The quantitative estimate of drug-likeness (QED) is 0.777. The van der Waals surface area contributed by atoms with E-state index in [2.05, 4.69) is 14.8 Å². The fourth-order valence-corrected chi connectivity index (χ4v) is 3.88. The number of hydrogen-bond acceptors (Lipinski definition) is 5. The van der Waals surface area contributed by atoms with Gasteiger partial charge >= 0.3 is 5.97 Å². The molecule has 0 spiro atoms.